The van der Waals surface area contributed by atoms with E-state index in [0.717, 1.165) is 11.1 Å². The minimum atomic E-state index is -3.20. The molecule has 1 saturated carbocycles. The highest BCUT2D eigenvalue weighted by atomic mass is 35.5. The monoisotopic (exact) mass is 434 g/mol. The van der Waals surface area contributed by atoms with Crippen LogP contribution in [0.2, 0.25) is 5.15 Å². The number of carbonyl (C=O) groups excluding carboxylic acids is 1. The van der Waals surface area contributed by atoms with E-state index in [4.69, 9.17) is 16.3 Å². The summed E-state index contributed by atoms with van der Waals surface area (Å²) in [7, 11) is 0. The molecule has 4 rings (SSSR count). The van der Waals surface area contributed by atoms with Gasteiger partial charge in [0.25, 0.3) is 5.92 Å². The van der Waals surface area contributed by atoms with Crippen LogP contribution < -0.4 is 0 Å². The highest BCUT2D eigenvalue weighted by Gasteiger charge is 2.67. The van der Waals surface area contributed by atoms with Crippen LogP contribution >= 0.6 is 11.6 Å². The van der Waals surface area contributed by atoms with Crippen LogP contribution in [0.3, 0.4) is 0 Å². The number of nitrogens with zero attached hydrogens (tertiary/aromatic N) is 2. The molecular weight excluding hydrogens is 414 g/mol. The summed E-state index contributed by atoms with van der Waals surface area (Å²) >= 11 is 6.11. The summed E-state index contributed by atoms with van der Waals surface area (Å²) in [4.78, 5) is 20.5. The zero-order valence-electron chi connectivity index (χ0n) is 16.4. The third kappa shape index (κ3) is 3.40. The van der Waals surface area contributed by atoms with E-state index >= 15 is 0 Å². The Morgan fingerprint density at radius 2 is 2.03 bits per heavy atom. The van der Waals surface area contributed by atoms with Gasteiger partial charge in [-0.1, -0.05) is 30.7 Å². The lowest BCUT2D eigenvalue weighted by molar-refractivity contribution is -0.193. The SMILES string of the molecule is C[C@H]1OC(=O)[C@]2(O)CC(F)(F)[C@@H](C)[C@H](C=Cc3ccc(-c4cccnc4Cl)cn3)[C@H]12. The van der Waals surface area contributed by atoms with Crippen LogP contribution in [0.1, 0.15) is 26.0 Å². The predicted molar refractivity (Wildman–Crippen MR) is 108 cm³/mol. The van der Waals surface area contributed by atoms with Crippen molar-refractivity contribution >= 4 is 23.6 Å². The van der Waals surface area contributed by atoms with Crippen LogP contribution in [-0.4, -0.2) is 38.7 Å². The molecular formula is C22H21ClF2N2O3. The largest absolute Gasteiger partial charge is 0.460 e. The minimum Gasteiger partial charge on any atom is -0.460 e. The summed E-state index contributed by atoms with van der Waals surface area (Å²) in [6.07, 6.45) is 4.88. The molecule has 0 unspecified atom stereocenters. The summed E-state index contributed by atoms with van der Waals surface area (Å²) < 4.78 is 34.3. The van der Waals surface area contributed by atoms with E-state index in [1.54, 1.807) is 43.6 Å². The molecule has 5 atom stereocenters. The van der Waals surface area contributed by atoms with Crippen LogP contribution in [0.4, 0.5) is 8.78 Å². The van der Waals surface area contributed by atoms with Gasteiger partial charge < -0.3 is 9.84 Å². The maximum absolute atomic E-state index is 14.6. The first-order valence-corrected chi connectivity index (χ1v) is 10.1. The number of hydrogen-bond acceptors (Lipinski definition) is 5. The van der Waals surface area contributed by atoms with E-state index in [0.29, 0.717) is 10.8 Å². The molecule has 0 spiro atoms. The number of alkyl halides is 2. The van der Waals surface area contributed by atoms with Gasteiger partial charge in [-0.05, 0) is 37.1 Å². The van der Waals surface area contributed by atoms with Gasteiger partial charge in [0, 0.05) is 35.4 Å². The van der Waals surface area contributed by atoms with Crippen molar-refractivity contribution in [1.82, 2.24) is 9.97 Å². The first kappa shape index (κ1) is 20.9. The van der Waals surface area contributed by atoms with Crippen molar-refractivity contribution < 1.29 is 23.4 Å². The van der Waals surface area contributed by atoms with E-state index in [1.807, 2.05) is 12.1 Å². The van der Waals surface area contributed by atoms with Gasteiger partial charge in [0.2, 0.25) is 0 Å². The molecule has 0 aromatic carbocycles. The molecule has 2 aliphatic rings. The molecule has 30 heavy (non-hydrogen) atoms. The average Bonchev–Trinajstić information content (AvgIpc) is 2.91. The molecule has 1 aliphatic carbocycles. The van der Waals surface area contributed by atoms with Crippen molar-refractivity contribution in [3.8, 4) is 11.1 Å². The number of halogens is 3. The summed E-state index contributed by atoms with van der Waals surface area (Å²) in [6.45, 7) is 3.06. The van der Waals surface area contributed by atoms with E-state index < -0.39 is 47.8 Å². The lowest BCUT2D eigenvalue weighted by Crippen LogP contribution is -2.57. The molecule has 0 radical (unpaired) electrons. The van der Waals surface area contributed by atoms with Crippen LogP contribution in [-0.2, 0) is 9.53 Å². The molecule has 158 valence electrons. The normalized spacial score (nSPS) is 32.8. The molecule has 0 bridgehead atoms. The van der Waals surface area contributed by atoms with E-state index in [1.165, 1.54) is 6.92 Å². The van der Waals surface area contributed by atoms with Crippen molar-refractivity contribution in [2.45, 2.75) is 37.9 Å². The number of esters is 1. The second kappa shape index (κ2) is 7.39. The van der Waals surface area contributed by atoms with Crippen LogP contribution in [0.25, 0.3) is 17.2 Å². The molecule has 8 heteroatoms. The number of carbonyl (C=O) groups is 1. The van der Waals surface area contributed by atoms with Crippen molar-refractivity contribution in [2.24, 2.45) is 17.8 Å². The summed E-state index contributed by atoms with van der Waals surface area (Å²) in [5.74, 6) is -6.73. The Labute approximate surface area is 177 Å². The Kier molecular flexibility index (Phi) is 5.14. The maximum Gasteiger partial charge on any atom is 0.339 e. The number of hydrogen-bond donors (Lipinski definition) is 1. The summed E-state index contributed by atoms with van der Waals surface area (Å²) in [5.41, 5.74) is -0.108. The second-order valence-electron chi connectivity index (χ2n) is 8.04. The van der Waals surface area contributed by atoms with Crippen molar-refractivity contribution in [2.75, 3.05) is 0 Å². The molecule has 0 amide bonds. The second-order valence-corrected chi connectivity index (χ2v) is 8.39. The number of cyclic esters (lactones) is 1. The first-order valence-electron chi connectivity index (χ1n) is 9.70. The highest BCUT2D eigenvalue weighted by molar-refractivity contribution is 6.32. The maximum atomic E-state index is 14.6. The Morgan fingerprint density at radius 3 is 2.70 bits per heavy atom. The summed E-state index contributed by atoms with van der Waals surface area (Å²) in [6, 6.07) is 7.16. The molecule has 1 saturated heterocycles. The molecule has 5 nitrogen and oxygen atoms in total. The minimum absolute atomic E-state index is 0.361. The van der Waals surface area contributed by atoms with Gasteiger partial charge in [0.15, 0.2) is 5.60 Å². The van der Waals surface area contributed by atoms with Gasteiger partial charge >= 0.3 is 5.97 Å². The Hall–Kier alpha value is -2.38. The lowest BCUT2D eigenvalue weighted by Gasteiger charge is -2.45. The zero-order chi connectivity index (χ0) is 21.7. The first-order chi connectivity index (χ1) is 14.1. The van der Waals surface area contributed by atoms with Gasteiger partial charge in [-0.2, -0.15) is 0 Å². The quantitative estimate of drug-likeness (QED) is 0.572. The predicted octanol–water partition coefficient (Wildman–Crippen LogP) is 4.39. The molecule has 2 aromatic heterocycles. The highest BCUT2D eigenvalue weighted by Crippen LogP contribution is 2.54. The van der Waals surface area contributed by atoms with Crippen LogP contribution in [0.5, 0.6) is 0 Å². The number of aromatic nitrogens is 2. The topological polar surface area (TPSA) is 72.3 Å². The molecule has 2 fully saturated rings. The smallest absolute Gasteiger partial charge is 0.339 e. The average molecular weight is 435 g/mol. The lowest BCUT2D eigenvalue weighted by atomic mass is 9.62. The van der Waals surface area contributed by atoms with Gasteiger partial charge in [0.1, 0.15) is 11.3 Å². The number of aliphatic hydroxyl groups is 1. The fourth-order valence-corrected chi connectivity index (χ4v) is 4.79. The standard InChI is InChI=1S/C22H21ClF2N2O3/c1-12-16(18-13(2)30-20(28)21(18,29)11-22(12,24)25)8-7-15-6-5-14(10-27-15)17-4-3-9-26-19(17)23/h3-10,12-13,16,18,29H,11H2,1-2H3/t12-,13+,16-,18-,21-/m0/s1. The van der Waals surface area contributed by atoms with Gasteiger partial charge in [-0.15, -0.1) is 0 Å². The van der Waals surface area contributed by atoms with Gasteiger partial charge in [-0.25, -0.2) is 18.6 Å². The molecule has 1 aliphatic heterocycles. The van der Waals surface area contributed by atoms with Crippen LogP contribution in [0, 0.1) is 17.8 Å². The molecule has 2 aromatic rings. The van der Waals surface area contributed by atoms with Crippen molar-refractivity contribution in [3.63, 3.8) is 0 Å². The Balaban J connectivity index is 1.62. The number of pyridine rings is 2. The van der Waals surface area contributed by atoms with Gasteiger partial charge in [-0.3, -0.25) is 4.98 Å². The summed E-state index contributed by atoms with van der Waals surface area (Å²) in [5, 5.41) is 11.1. The number of ether oxygens (including phenoxy) is 1. The zero-order valence-corrected chi connectivity index (χ0v) is 17.2. The number of rotatable bonds is 3. The third-order valence-electron chi connectivity index (χ3n) is 6.21. The number of allylic oxidation sites excluding steroid dienone is 1. The van der Waals surface area contributed by atoms with E-state index in [-0.39, 0.29) is 0 Å². The number of fused-ring (bicyclic) bond motifs is 1. The van der Waals surface area contributed by atoms with Crippen molar-refractivity contribution in [1.29, 1.82) is 0 Å². The fourth-order valence-electron chi connectivity index (χ4n) is 4.56. The Morgan fingerprint density at radius 1 is 1.27 bits per heavy atom. The van der Waals surface area contributed by atoms with Gasteiger partial charge in [0.05, 0.1) is 12.1 Å². The Bertz CT molecular complexity index is 998. The fraction of sp³-hybridized carbons (Fsp3) is 0.409. The van der Waals surface area contributed by atoms with Crippen LogP contribution in [0.15, 0.2) is 42.7 Å². The van der Waals surface area contributed by atoms with E-state index in [9.17, 15) is 18.7 Å². The van der Waals surface area contributed by atoms with Crippen molar-refractivity contribution in [3.05, 3.63) is 53.6 Å². The van der Waals surface area contributed by atoms with E-state index in [2.05, 4.69) is 9.97 Å². The molecule has 3 heterocycles. The molecule has 1 N–H and O–H groups in total. The third-order valence-corrected chi connectivity index (χ3v) is 6.51.